The second-order valence-electron chi connectivity index (χ2n) is 4.62. The van der Waals surface area contributed by atoms with Gasteiger partial charge in [0.15, 0.2) is 0 Å². The zero-order valence-electron chi connectivity index (χ0n) is 10.3. The van der Waals surface area contributed by atoms with Gasteiger partial charge < -0.3 is 15.4 Å². The van der Waals surface area contributed by atoms with E-state index >= 15 is 0 Å². The van der Waals surface area contributed by atoms with Crippen molar-refractivity contribution >= 4 is 11.6 Å². The molecule has 0 spiro atoms. The molecule has 0 aliphatic carbocycles. The Kier molecular flexibility index (Phi) is 3.66. The monoisotopic (exact) mass is 244 g/mol. The molecule has 0 bridgehead atoms. The zero-order chi connectivity index (χ0) is 13.0. The SMILES string of the molecule is C#Cc1cccc(NC(=O)COC2(C)CNC2)c1. The van der Waals surface area contributed by atoms with Gasteiger partial charge in [-0.2, -0.15) is 0 Å². The Balaban J connectivity index is 1.85. The van der Waals surface area contributed by atoms with Crippen molar-refractivity contribution in [1.29, 1.82) is 0 Å². The summed E-state index contributed by atoms with van der Waals surface area (Å²) in [5.41, 5.74) is 1.22. The number of anilines is 1. The summed E-state index contributed by atoms with van der Waals surface area (Å²) in [6.07, 6.45) is 5.30. The summed E-state index contributed by atoms with van der Waals surface area (Å²) >= 11 is 0. The van der Waals surface area contributed by atoms with Crippen LogP contribution in [0.3, 0.4) is 0 Å². The molecule has 0 saturated carbocycles. The van der Waals surface area contributed by atoms with E-state index in [4.69, 9.17) is 11.2 Å². The summed E-state index contributed by atoms with van der Waals surface area (Å²) in [5, 5.41) is 5.87. The van der Waals surface area contributed by atoms with Gasteiger partial charge in [-0.05, 0) is 25.1 Å². The summed E-state index contributed by atoms with van der Waals surface area (Å²) in [7, 11) is 0. The Morgan fingerprint density at radius 1 is 1.61 bits per heavy atom. The van der Waals surface area contributed by atoms with Crippen LogP contribution >= 0.6 is 0 Å². The Morgan fingerprint density at radius 3 is 3.00 bits per heavy atom. The van der Waals surface area contributed by atoms with E-state index in [1.165, 1.54) is 0 Å². The highest BCUT2D eigenvalue weighted by Crippen LogP contribution is 2.15. The van der Waals surface area contributed by atoms with Gasteiger partial charge in [0, 0.05) is 24.3 Å². The second kappa shape index (κ2) is 5.21. The fourth-order valence-electron chi connectivity index (χ4n) is 1.70. The van der Waals surface area contributed by atoms with Gasteiger partial charge in [0.05, 0.1) is 5.60 Å². The number of amides is 1. The molecule has 1 fully saturated rings. The topological polar surface area (TPSA) is 50.4 Å². The number of hydrogen-bond acceptors (Lipinski definition) is 3. The lowest BCUT2D eigenvalue weighted by molar-refractivity contribution is -0.130. The molecule has 0 radical (unpaired) electrons. The van der Waals surface area contributed by atoms with Gasteiger partial charge in [-0.3, -0.25) is 4.79 Å². The lowest BCUT2D eigenvalue weighted by Gasteiger charge is -2.38. The molecule has 0 aromatic heterocycles. The number of nitrogens with one attached hydrogen (secondary N) is 2. The number of hydrogen-bond donors (Lipinski definition) is 2. The first-order valence-electron chi connectivity index (χ1n) is 5.82. The first kappa shape index (κ1) is 12.6. The Bertz CT molecular complexity index is 487. The highest BCUT2D eigenvalue weighted by atomic mass is 16.5. The van der Waals surface area contributed by atoms with E-state index in [0.717, 1.165) is 18.7 Å². The number of terminal acetylenes is 1. The molecule has 2 rings (SSSR count). The average Bonchev–Trinajstić information content (AvgIpc) is 2.34. The lowest BCUT2D eigenvalue weighted by atomic mass is 10.0. The predicted molar refractivity (Wildman–Crippen MR) is 70.2 cm³/mol. The van der Waals surface area contributed by atoms with E-state index < -0.39 is 0 Å². The van der Waals surface area contributed by atoms with Crippen molar-refractivity contribution < 1.29 is 9.53 Å². The van der Waals surface area contributed by atoms with Crippen molar-refractivity contribution in [2.45, 2.75) is 12.5 Å². The van der Waals surface area contributed by atoms with Crippen molar-refractivity contribution in [3.63, 3.8) is 0 Å². The summed E-state index contributed by atoms with van der Waals surface area (Å²) < 4.78 is 5.54. The maximum absolute atomic E-state index is 11.7. The van der Waals surface area contributed by atoms with Crippen LogP contribution in [0, 0.1) is 12.3 Å². The molecule has 1 saturated heterocycles. The van der Waals surface area contributed by atoms with E-state index in [1.807, 2.05) is 19.1 Å². The third-order valence-electron chi connectivity index (χ3n) is 2.86. The Labute approximate surface area is 107 Å². The Morgan fingerprint density at radius 2 is 2.39 bits per heavy atom. The van der Waals surface area contributed by atoms with Gasteiger partial charge in [-0.1, -0.05) is 12.0 Å². The van der Waals surface area contributed by atoms with Crippen LogP contribution in [0.5, 0.6) is 0 Å². The molecule has 1 aliphatic heterocycles. The van der Waals surface area contributed by atoms with Crippen LogP contribution in [0.1, 0.15) is 12.5 Å². The minimum Gasteiger partial charge on any atom is -0.363 e. The first-order chi connectivity index (χ1) is 8.61. The number of ether oxygens (including phenoxy) is 1. The third kappa shape index (κ3) is 3.10. The van der Waals surface area contributed by atoms with Crippen molar-refractivity contribution in [1.82, 2.24) is 5.32 Å². The minimum atomic E-state index is -0.210. The maximum Gasteiger partial charge on any atom is 0.250 e. The van der Waals surface area contributed by atoms with Crippen LogP contribution in [0.15, 0.2) is 24.3 Å². The van der Waals surface area contributed by atoms with E-state index in [1.54, 1.807) is 12.1 Å². The van der Waals surface area contributed by atoms with E-state index in [-0.39, 0.29) is 18.1 Å². The first-order valence-corrected chi connectivity index (χ1v) is 5.82. The fraction of sp³-hybridized carbons (Fsp3) is 0.357. The standard InChI is InChI=1S/C14H16N2O2/c1-3-11-5-4-6-12(7-11)16-13(17)8-18-14(2)9-15-10-14/h1,4-7,15H,8-10H2,2H3,(H,16,17). The predicted octanol–water partition coefficient (Wildman–Crippen LogP) is 0.985. The van der Waals surface area contributed by atoms with Gasteiger partial charge in [-0.25, -0.2) is 0 Å². The minimum absolute atomic E-state index is 0.0540. The molecular formula is C14H16N2O2. The van der Waals surface area contributed by atoms with Crippen LogP contribution < -0.4 is 10.6 Å². The smallest absolute Gasteiger partial charge is 0.250 e. The molecule has 0 atom stereocenters. The molecule has 1 heterocycles. The normalized spacial score (nSPS) is 16.4. The van der Waals surface area contributed by atoms with Crippen LogP contribution in [-0.4, -0.2) is 31.2 Å². The van der Waals surface area contributed by atoms with Crippen LogP contribution in [0.25, 0.3) is 0 Å². The maximum atomic E-state index is 11.7. The zero-order valence-corrected chi connectivity index (χ0v) is 10.3. The summed E-state index contributed by atoms with van der Waals surface area (Å²) in [5.74, 6) is 2.36. The number of carbonyl (C=O) groups is 1. The molecule has 1 aliphatic rings. The number of benzene rings is 1. The van der Waals surface area contributed by atoms with E-state index in [2.05, 4.69) is 16.6 Å². The van der Waals surface area contributed by atoms with E-state index in [0.29, 0.717) is 5.69 Å². The molecule has 1 aromatic rings. The number of carbonyl (C=O) groups excluding carboxylic acids is 1. The fourth-order valence-corrected chi connectivity index (χ4v) is 1.70. The molecule has 94 valence electrons. The van der Waals surface area contributed by atoms with Gasteiger partial charge >= 0.3 is 0 Å². The van der Waals surface area contributed by atoms with Crippen molar-refractivity contribution in [3.8, 4) is 12.3 Å². The van der Waals surface area contributed by atoms with Crippen LogP contribution in [-0.2, 0) is 9.53 Å². The molecule has 0 unspecified atom stereocenters. The quantitative estimate of drug-likeness (QED) is 0.776. The Hall–Kier alpha value is -1.83. The van der Waals surface area contributed by atoms with Crippen molar-refractivity contribution in [2.24, 2.45) is 0 Å². The van der Waals surface area contributed by atoms with Gasteiger partial charge in [0.2, 0.25) is 5.91 Å². The lowest BCUT2D eigenvalue weighted by Crippen LogP contribution is -2.59. The molecule has 1 aromatic carbocycles. The summed E-state index contributed by atoms with van der Waals surface area (Å²) in [6.45, 7) is 3.61. The molecule has 1 amide bonds. The summed E-state index contributed by atoms with van der Waals surface area (Å²) in [4.78, 5) is 11.7. The molecule has 4 nitrogen and oxygen atoms in total. The average molecular weight is 244 g/mol. The molecule has 18 heavy (non-hydrogen) atoms. The van der Waals surface area contributed by atoms with Crippen LogP contribution in [0.2, 0.25) is 0 Å². The van der Waals surface area contributed by atoms with E-state index in [9.17, 15) is 4.79 Å². The largest absolute Gasteiger partial charge is 0.363 e. The van der Waals surface area contributed by atoms with Crippen molar-refractivity contribution in [3.05, 3.63) is 29.8 Å². The van der Waals surface area contributed by atoms with Crippen molar-refractivity contribution in [2.75, 3.05) is 25.0 Å². The second-order valence-corrected chi connectivity index (χ2v) is 4.62. The number of rotatable bonds is 4. The third-order valence-corrected chi connectivity index (χ3v) is 2.86. The highest BCUT2D eigenvalue weighted by molar-refractivity contribution is 5.91. The summed E-state index contributed by atoms with van der Waals surface area (Å²) in [6, 6.07) is 7.17. The molecular weight excluding hydrogens is 228 g/mol. The molecule has 2 N–H and O–H groups in total. The highest BCUT2D eigenvalue weighted by Gasteiger charge is 2.32. The van der Waals surface area contributed by atoms with Gasteiger partial charge in [-0.15, -0.1) is 6.42 Å². The van der Waals surface area contributed by atoms with Crippen LogP contribution in [0.4, 0.5) is 5.69 Å². The molecule has 4 heteroatoms. The van der Waals surface area contributed by atoms with Gasteiger partial charge in [0.25, 0.3) is 0 Å². The van der Waals surface area contributed by atoms with Gasteiger partial charge in [0.1, 0.15) is 6.61 Å².